The van der Waals surface area contributed by atoms with Gasteiger partial charge in [-0.3, -0.25) is 14.5 Å². The number of hydrogen-bond donors (Lipinski definition) is 0. The summed E-state index contributed by atoms with van der Waals surface area (Å²) in [6.45, 7) is 11.1. The van der Waals surface area contributed by atoms with Crippen LogP contribution in [0.15, 0.2) is 0 Å². The number of Topliss-reactive ketones (excluding diaryl/α,β-unsaturated/α-hetero) is 1. The molecule has 1 aromatic rings. The van der Waals surface area contributed by atoms with Crippen molar-refractivity contribution < 1.29 is 14.3 Å². The summed E-state index contributed by atoms with van der Waals surface area (Å²) in [6, 6.07) is -0.465. The van der Waals surface area contributed by atoms with Crippen molar-refractivity contribution in [2.45, 2.75) is 59.1 Å². The fraction of sp³-hybridized carbons (Fsp3) is 0.688. The smallest absolute Gasteiger partial charge is 0.324 e. The molecule has 0 aliphatic carbocycles. The van der Waals surface area contributed by atoms with Gasteiger partial charge in [0.25, 0.3) is 0 Å². The number of ether oxygens (including phenoxy) is 1. The van der Waals surface area contributed by atoms with Crippen molar-refractivity contribution in [2.24, 2.45) is 0 Å². The highest BCUT2D eigenvalue weighted by Gasteiger charge is 2.40. The molecule has 0 radical (unpaired) electrons. The number of aryl methyl sites for hydroxylation is 2. The summed E-state index contributed by atoms with van der Waals surface area (Å²) in [4.78, 5) is 32.1. The first-order chi connectivity index (χ1) is 10.2. The summed E-state index contributed by atoms with van der Waals surface area (Å²) in [6.07, 6.45) is 0.491. The molecular formula is C16H24N2O3S. The fourth-order valence-corrected chi connectivity index (χ4v) is 3.70. The van der Waals surface area contributed by atoms with E-state index in [1.54, 1.807) is 11.3 Å². The lowest BCUT2D eigenvalue weighted by molar-refractivity contribution is -0.178. The highest BCUT2D eigenvalue weighted by Crippen LogP contribution is 2.24. The second kappa shape index (κ2) is 6.46. The summed E-state index contributed by atoms with van der Waals surface area (Å²) < 4.78 is 5.45. The molecule has 0 amide bonds. The van der Waals surface area contributed by atoms with Gasteiger partial charge in [0.2, 0.25) is 0 Å². The minimum atomic E-state index is -0.490. The Kier molecular flexibility index (Phi) is 5.02. The third-order valence-electron chi connectivity index (χ3n) is 3.92. The van der Waals surface area contributed by atoms with Crippen LogP contribution in [0.1, 0.15) is 42.8 Å². The number of hydrogen-bond acceptors (Lipinski definition) is 6. The zero-order valence-electron chi connectivity index (χ0n) is 13.9. The quantitative estimate of drug-likeness (QED) is 0.778. The SMILES string of the molecule is CCN1CC(C)(C)OC(=O)C1CC(=O)Cc1nc(C)c(C)s1. The van der Waals surface area contributed by atoms with Gasteiger partial charge in [-0.2, -0.15) is 0 Å². The normalized spacial score (nSPS) is 21.7. The molecule has 1 fully saturated rings. The Morgan fingerprint density at radius 3 is 2.68 bits per heavy atom. The molecule has 0 saturated carbocycles. The van der Waals surface area contributed by atoms with Crippen LogP contribution in [0.3, 0.4) is 0 Å². The molecule has 5 nitrogen and oxygen atoms in total. The van der Waals surface area contributed by atoms with Crippen molar-refractivity contribution in [1.82, 2.24) is 9.88 Å². The Hall–Kier alpha value is -1.27. The predicted molar refractivity (Wildman–Crippen MR) is 86.1 cm³/mol. The molecule has 1 aliphatic rings. The van der Waals surface area contributed by atoms with Crippen molar-refractivity contribution in [3.05, 3.63) is 15.6 Å². The maximum absolute atomic E-state index is 12.3. The van der Waals surface area contributed by atoms with Crippen molar-refractivity contribution in [2.75, 3.05) is 13.1 Å². The summed E-state index contributed by atoms with van der Waals surface area (Å²) in [7, 11) is 0. The number of ketones is 1. The van der Waals surface area contributed by atoms with Crippen LogP contribution < -0.4 is 0 Å². The third-order valence-corrected chi connectivity index (χ3v) is 4.99. The van der Waals surface area contributed by atoms with Gasteiger partial charge in [0.05, 0.1) is 12.1 Å². The van der Waals surface area contributed by atoms with Crippen LogP contribution in [0.5, 0.6) is 0 Å². The summed E-state index contributed by atoms with van der Waals surface area (Å²) in [5, 5.41) is 0.826. The molecule has 6 heteroatoms. The maximum atomic E-state index is 12.3. The molecule has 122 valence electrons. The number of carbonyl (C=O) groups excluding carboxylic acids is 2. The number of thiazole rings is 1. The van der Waals surface area contributed by atoms with Gasteiger partial charge >= 0.3 is 5.97 Å². The van der Waals surface area contributed by atoms with E-state index in [9.17, 15) is 9.59 Å². The number of cyclic esters (lactones) is 1. The van der Waals surface area contributed by atoms with E-state index in [2.05, 4.69) is 4.98 Å². The zero-order chi connectivity index (χ0) is 16.5. The second-order valence-electron chi connectivity index (χ2n) is 6.43. The lowest BCUT2D eigenvalue weighted by atomic mass is 10.00. The van der Waals surface area contributed by atoms with Crippen LogP contribution in [0.2, 0.25) is 0 Å². The molecule has 1 unspecified atom stereocenters. The number of aromatic nitrogens is 1. The highest BCUT2D eigenvalue weighted by atomic mass is 32.1. The Morgan fingerprint density at radius 2 is 2.14 bits per heavy atom. The largest absolute Gasteiger partial charge is 0.457 e. The Morgan fingerprint density at radius 1 is 1.45 bits per heavy atom. The summed E-state index contributed by atoms with van der Waals surface area (Å²) in [5.41, 5.74) is 0.484. The molecule has 1 aliphatic heterocycles. The van der Waals surface area contributed by atoms with Gasteiger partial charge in [-0.05, 0) is 34.2 Å². The first kappa shape index (κ1) is 17.1. The van der Waals surface area contributed by atoms with Gasteiger partial charge in [-0.25, -0.2) is 4.98 Å². The predicted octanol–water partition coefficient (Wildman–Crippen LogP) is 2.29. The van der Waals surface area contributed by atoms with E-state index in [0.717, 1.165) is 22.1 Å². The monoisotopic (exact) mass is 324 g/mol. The zero-order valence-corrected chi connectivity index (χ0v) is 14.7. The molecule has 0 bridgehead atoms. The summed E-state index contributed by atoms with van der Waals surface area (Å²) in [5.74, 6) is -0.258. The standard InChI is InChI=1S/C16H24N2O3S/c1-6-18-9-16(4,5)21-15(20)13(18)7-12(19)8-14-17-10(2)11(3)22-14/h13H,6-9H2,1-5H3. The van der Waals surface area contributed by atoms with Crippen LogP contribution in [-0.4, -0.2) is 46.4 Å². The van der Waals surface area contributed by atoms with E-state index in [1.807, 2.05) is 39.5 Å². The highest BCUT2D eigenvalue weighted by molar-refractivity contribution is 7.11. The van der Waals surface area contributed by atoms with Gasteiger partial charge in [-0.1, -0.05) is 6.92 Å². The first-order valence-electron chi connectivity index (χ1n) is 7.63. The average Bonchev–Trinajstić information content (AvgIpc) is 2.70. The number of likely N-dealkylation sites (N-methyl/N-ethyl adjacent to an activating group) is 1. The Labute approximate surface area is 135 Å². The van der Waals surface area contributed by atoms with Crippen LogP contribution in [0, 0.1) is 13.8 Å². The number of rotatable bonds is 5. The summed E-state index contributed by atoms with van der Waals surface area (Å²) >= 11 is 1.55. The molecule has 2 rings (SSSR count). The second-order valence-corrected chi connectivity index (χ2v) is 7.72. The third kappa shape index (κ3) is 3.93. The first-order valence-corrected chi connectivity index (χ1v) is 8.45. The average molecular weight is 324 g/mol. The van der Waals surface area contributed by atoms with E-state index in [4.69, 9.17) is 4.74 Å². The lowest BCUT2D eigenvalue weighted by Gasteiger charge is -2.41. The number of esters is 1. The Balaban J connectivity index is 2.02. The minimum absolute atomic E-state index is 0.0360. The van der Waals surface area contributed by atoms with Gasteiger partial charge < -0.3 is 4.74 Å². The molecular weight excluding hydrogens is 300 g/mol. The molecule has 1 atom stereocenters. The van der Waals surface area contributed by atoms with E-state index >= 15 is 0 Å². The van der Waals surface area contributed by atoms with Crippen molar-refractivity contribution in [1.29, 1.82) is 0 Å². The van der Waals surface area contributed by atoms with Crippen molar-refractivity contribution in [3.63, 3.8) is 0 Å². The van der Waals surface area contributed by atoms with E-state index in [-0.39, 0.29) is 18.2 Å². The molecule has 1 aromatic heterocycles. The lowest BCUT2D eigenvalue weighted by Crippen LogP contribution is -2.57. The molecule has 0 spiro atoms. The van der Waals surface area contributed by atoms with Gasteiger partial charge in [0.15, 0.2) is 0 Å². The number of morpholine rings is 1. The molecule has 22 heavy (non-hydrogen) atoms. The van der Waals surface area contributed by atoms with Gasteiger partial charge in [-0.15, -0.1) is 11.3 Å². The number of carbonyl (C=O) groups is 2. The van der Waals surface area contributed by atoms with E-state index in [0.29, 0.717) is 13.0 Å². The fourth-order valence-electron chi connectivity index (χ4n) is 2.74. The molecule has 0 aromatic carbocycles. The molecule has 1 saturated heterocycles. The van der Waals surface area contributed by atoms with Crippen LogP contribution in [0.4, 0.5) is 0 Å². The molecule has 0 N–H and O–H groups in total. The van der Waals surface area contributed by atoms with Crippen molar-refractivity contribution >= 4 is 23.1 Å². The minimum Gasteiger partial charge on any atom is -0.457 e. The van der Waals surface area contributed by atoms with Crippen LogP contribution in [0.25, 0.3) is 0 Å². The van der Waals surface area contributed by atoms with Crippen LogP contribution in [-0.2, 0) is 20.7 Å². The number of nitrogens with zero attached hydrogens (tertiary/aromatic N) is 2. The Bertz CT molecular complexity index is 560. The maximum Gasteiger partial charge on any atom is 0.324 e. The van der Waals surface area contributed by atoms with E-state index < -0.39 is 11.6 Å². The topological polar surface area (TPSA) is 59.5 Å². The van der Waals surface area contributed by atoms with Gasteiger partial charge in [0, 0.05) is 17.8 Å². The van der Waals surface area contributed by atoms with Crippen molar-refractivity contribution in [3.8, 4) is 0 Å². The van der Waals surface area contributed by atoms with Crippen LogP contribution >= 0.6 is 11.3 Å². The van der Waals surface area contributed by atoms with Gasteiger partial charge in [0.1, 0.15) is 22.4 Å². The molecule has 2 heterocycles. The van der Waals surface area contributed by atoms with E-state index in [1.165, 1.54) is 0 Å².